The smallest absolute Gasteiger partial charge is 0.306 e. The molecule has 0 radical (unpaired) electrons. The number of rotatable bonds is 58. The zero-order valence-electron chi connectivity index (χ0n) is 46.4. The zero-order valence-corrected chi connectivity index (χ0v) is 46.4. The fourth-order valence-corrected chi connectivity index (χ4v) is 9.68. The third-order valence-electron chi connectivity index (χ3n) is 14.4. The molecule has 0 aliphatic carbocycles. The van der Waals surface area contributed by atoms with E-state index in [-0.39, 0.29) is 31.1 Å². The molecule has 68 heavy (non-hydrogen) atoms. The van der Waals surface area contributed by atoms with Crippen molar-refractivity contribution >= 4 is 17.9 Å². The van der Waals surface area contributed by atoms with Crippen LogP contribution in [0.3, 0.4) is 0 Å². The second-order valence-electron chi connectivity index (χ2n) is 21.3. The van der Waals surface area contributed by atoms with Gasteiger partial charge in [-0.2, -0.15) is 0 Å². The first kappa shape index (κ1) is 66.4. The van der Waals surface area contributed by atoms with Crippen molar-refractivity contribution in [1.29, 1.82) is 0 Å². The van der Waals surface area contributed by atoms with Gasteiger partial charge in [-0.15, -0.1) is 0 Å². The number of ether oxygens (including phenoxy) is 3. The van der Waals surface area contributed by atoms with Crippen LogP contribution in [0.5, 0.6) is 0 Å². The summed E-state index contributed by atoms with van der Waals surface area (Å²) in [6, 6.07) is 0. The predicted molar refractivity (Wildman–Crippen MR) is 294 cm³/mol. The summed E-state index contributed by atoms with van der Waals surface area (Å²) in [5.74, 6) is -0.845. The minimum Gasteiger partial charge on any atom is -0.462 e. The van der Waals surface area contributed by atoms with Gasteiger partial charge in [0.25, 0.3) is 0 Å². The van der Waals surface area contributed by atoms with Gasteiger partial charge in [0, 0.05) is 19.3 Å². The van der Waals surface area contributed by atoms with Crippen molar-refractivity contribution in [3.63, 3.8) is 0 Å². The molecule has 1 atom stereocenters. The maximum atomic E-state index is 12.8. The highest BCUT2D eigenvalue weighted by Gasteiger charge is 2.19. The Morgan fingerprint density at radius 1 is 0.235 bits per heavy atom. The standard InChI is InChI=1S/C62H120O6/c1-4-7-10-13-16-18-20-22-24-26-27-28-29-30-31-32-33-34-35-36-37-39-40-42-44-46-49-52-55-61(64)67-58-59(57-66-60(63)54-51-48-15-12-9-6-3)68-62(65)56-53-50-47-45-43-41-38-25-23-21-19-17-14-11-8-5-2/h59H,4-58H2,1-3H3. The van der Waals surface area contributed by atoms with Crippen molar-refractivity contribution in [2.45, 2.75) is 367 Å². The molecule has 6 nitrogen and oxygen atoms in total. The highest BCUT2D eigenvalue weighted by molar-refractivity contribution is 5.71. The van der Waals surface area contributed by atoms with Gasteiger partial charge in [-0.1, -0.05) is 323 Å². The molecule has 0 aliphatic rings. The van der Waals surface area contributed by atoms with E-state index in [0.29, 0.717) is 19.3 Å². The van der Waals surface area contributed by atoms with Crippen LogP contribution in [0.15, 0.2) is 0 Å². The lowest BCUT2D eigenvalue weighted by Gasteiger charge is -2.18. The van der Waals surface area contributed by atoms with Gasteiger partial charge in [0.2, 0.25) is 0 Å². The van der Waals surface area contributed by atoms with E-state index in [1.807, 2.05) is 0 Å². The minimum atomic E-state index is -0.760. The lowest BCUT2D eigenvalue weighted by Crippen LogP contribution is -2.30. The van der Waals surface area contributed by atoms with Crippen LogP contribution in [0.2, 0.25) is 0 Å². The Bertz CT molecular complexity index is 1010. The Balaban J connectivity index is 3.96. The number of carbonyl (C=O) groups is 3. The Hall–Kier alpha value is -1.59. The van der Waals surface area contributed by atoms with E-state index in [1.54, 1.807) is 0 Å². The summed E-state index contributed by atoms with van der Waals surface area (Å²) in [6.45, 7) is 6.65. The van der Waals surface area contributed by atoms with Crippen LogP contribution in [-0.2, 0) is 28.6 Å². The molecule has 0 aliphatic heterocycles. The number of hydrogen-bond acceptors (Lipinski definition) is 6. The Morgan fingerprint density at radius 3 is 0.588 bits per heavy atom. The molecule has 0 amide bonds. The maximum absolute atomic E-state index is 12.8. The van der Waals surface area contributed by atoms with Gasteiger partial charge in [-0.3, -0.25) is 14.4 Å². The summed E-state index contributed by atoms with van der Waals surface area (Å²) in [6.07, 6.45) is 65.8. The second kappa shape index (κ2) is 58.0. The Morgan fingerprint density at radius 2 is 0.397 bits per heavy atom. The number of esters is 3. The van der Waals surface area contributed by atoms with Crippen molar-refractivity contribution in [3.8, 4) is 0 Å². The maximum Gasteiger partial charge on any atom is 0.306 e. The highest BCUT2D eigenvalue weighted by atomic mass is 16.6. The molecule has 0 fully saturated rings. The molecule has 1 unspecified atom stereocenters. The van der Waals surface area contributed by atoms with E-state index < -0.39 is 6.10 Å². The van der Waals surface area contributed by atoms with Gasteiger partial charge < -0.3 is 14.2 Å². The minimum absolute atomic E-state index is 0.0621. The van der Waals surface area contributed by atoms with Crippen LogP contribution in [0.1, 0.15) is 361 Å². The van der Waals surface area contributed by atoms with Crippen LogP contribution >= 0.6 is 0 Å². The van der Waals surface area contributed by atoms with E-state index in [2.05, 4.69) is 20.8 Å². The van der Waals surface area contributed by atoms with Crippen molar-refractivity contribution in [1.82, 2.24) is 0 Å². The molecular weight excluding hydrogens is 841 g/mol. The molecule has 404 valence electrons. The first-order valence-electron chi connectivity index (χ1n) is 31.0. The average molecular weight is 962 g/mol. The molecule has 6 heteroatoms. The zero-order chi connectivity index (χ0) is 49.3. The fourth-order valence-electron chi connectivity index (χ4n) is 9.68. The largest absolute Gasteiger partial charge is 0.462 e. The average Bonchev–Trinajstić information content (AvgIpc) is 3.34. The van der Waals surface area contributed by atoms with E-state index >= 15 is 0 Å². The van der Waals surface area contributed by atoms with E-state index in [0.717, 1.165) is 57.8 Å². The van der Waals surface area contributed by atoms with E-state index in [1.165, 1.54) is 263 Å². The third kappa shape index (κ3) is 55.3. The predicted octanol–water partition coefficient (Wildman–Crippen LogP) is 20.7. The topological polar surface area (TPSA) is 78.9 Å². The van der Waals surface area contributed by atoms with Crippen LogP contribution in [0.25, 0.3) is 0 Å². The number of unbranched alkanes of at least 4 members (excludes halogenated alkanes) is 47. The van der Waals surface area contributed by atoms with Gasteiger partial charge >= 0.3 is 17.9 Å². The van der Waals surface area contributed by atoms with Gasteiger partial charge in [0.1, 0.15) is 13.2 Å². The van der Waals surface area contributed by atoms with Crippen LogP contribution in [-0.4, -0.2) is 37.2 Å². The van der Waals surface area contributed by atoms with Crippen LogP contribution < -0.4 is 0 Å². The van der Waals surface area contributed by atoms with Crippen molar-refractivity contribution in [2.75, 3.05) is 13.2 Å². The van der Waals surface area contributed by atoms with Crippen molar-refractivity contribution in [2.24, 2.45) is 0 Å². The molecule has 0 aromatic rings. The summed E-state index contributed by atoms with van der Waals surface area (Å²) < 4.78 is 16.8. The molecule has 0 bridgehead atoms. The highest BCUT2D eigenvalue weighted by Crippen LogP contribution is 2.18. The quantitative estimate of drug-likeness (QED) is 0.0343. The summed E-state index contributed by atoms with van der Waals surface area (Å²) in [5.41, 5.74) is 0. The number of carbonyl (C=O) groups excluding carboxylic acids is 3. The lowest BCUT2D eigenvalue weighted by molar-refractivity contribution is -0.167. The number of hydrogen-bond donors (Lipinski definition) is 0. The lowest BCUT2D eigenvalue weighted by atomic mass is 10.0. The Kier molecular flexibility index (Phi) is 56.6. The molecule has 0 N–H and O–H groups in total. The fraction of sp³-hybridized carbons (Fsp3) is 0.952. The van der Waals surface area contributed by atoms with Crippen LogP contribution in [0, 0.1) is 0 Å². The molecule has 0 aromatic carbocycles. The van der Waals surface area contributed by atoms with Gasteiger partial charge in [-0.25, -0.2) is 0 Å². The van der Waals surface area contributed by atoms with Gasteiger partial charge in [0.15, 0.2) is 6.10 Å². The summed E-state index contributed by atoms with van der Waals surface area (Å²) in [4.78, 5) is 37.9. The molecule has 0 spiro atoms. The summed E-state index contributed by atoms with van der Waals surface area (Å²) in [7, 11) is 0. The molecule has 0 saturated carbocycles. The Labute approximate surface area is 425 Å². The SMILES string of the molecule is CCCCCCCCCCCCCCCCCCCCCCCCCCCCCCC(=O)OCC(COC(=O)CCCCCCCC)OC(=O)CCCCCCCCCCCCCCCCCC. The molecule has 0 rings (SSSR count). The first-order valence-corrected chi connectivity index (χ1v) is 31.0. The summed E-state index contributed by atoms with van der Waals surface area (Å²) >= 11 is 0. The normalized spacial score (nSPS) is 11.9. The van der Waals surface area contributed by atoms with Crippen LogP contribution in [0.4, 0.5) is 0 Å². The molecule has 0 aromatic heterocycles. The second-order valence-corrected chi connectivity index (χ2v) is 21.3. The van der Waals surface area contributed by atoms with Gasteiger partial charge in [0.05, 0.1) is 0 Å². The summed E-state index contributed by atoms with van der Waals surface area (Å²) in [5, 5.41) is 0. The van der Waals surface area contributed by atoms with Gasteiger partial charge in [-0.05, 0) is 19.3 Å². The molecular formula is C62H120O6. The van der Waals surface area contributed by atoms with Crippen molar-refractivity contribution in [3.05, 3.63) is 0 Å². The van der Waals surface area contributed by atoms with E-state index in [9.17, 15) is 14.4 Å². The van der Waals surface area contributed by atoms with E-state index in [4.69, 9.17) is 14.2 Å². The first-order chi connectivity index (χ1) is 33.5. The molecule has 0 heterocycles. The van der Waals surface area contributed by atoms with Crippen molar-refractivity contribution < 1.29 is 28.6 Å². The third-order valence-corrected chi connectivity index (χ3v) is 14.4. The molecule has 0 saturated heterocycles. The monoisotopic (exact) mass is 961 g/mol.